The van der Waals surface area contributed by atoms with Crippen molar-refractivity contribution in [3.8, 4) is 0 Å². The molecule has 1 saturated heterocycles. The molecule has 6 heteroatoms. The maximum absolute atomic E-state index is 12.8. The van der Waals surface area contributed by atoms with Crippen molar-refractivity contribution in [2.24, 2.45) is 5.92 Å². The molecule has 25 heavy (non-hydrogen) atoms. The Balaban J connectivity index is 1.41. The number of likely N-dealkylation sites (tertiary alicyclic amines) is 1. The number of nitrogens with one attached hydrogen (secondary N) is 1. The standard InChI is InChI=1S/C19H22N4O2/c1-2-23-17(8-9-20-23)19(25)22-12-14-10-15(22)11-16(14)21-18(24)13-6-4-3-5-7-13/h3-9,14-16H,2,10-12H2,1H3,(H,21,24)/t14-,15-,16-/m0/s1. The number of aromatic nitrogens is 2. The highest BCUT2D eigenvalue weighted by Gasteiger charge is 2.47. The average molecular weight is 338 g/mol. The lowest BCUT2D eigenvalue weighted by Gasteiger charge is -2.32. The van der Waals surface area contributed by atoms with Crippen LogP contribution in [-0.4, -0.2) is 45.1 Å². The molecule has 2 aliphatic rings. The molecule has 6 nitrogen and oxygen atoms in total. The van der Waals surface area contributed by atoms with E-state index in [4.69, 9.17) is 0 Å². The third-order valence-corrected chi connectivity index (χ3v) is 5.39. The normalized spacial score (nSPS) is 24.5. The van der Waals surface area contributed by atoms with Gasteiger partial charge in [-0.25, -0.2) is 0 Å². The van der Waals surface area contributed by atoms with Crippen LogP contribution in [0.5, 0.6) is 0 Å². The van der Waals surface area contributed by atoms with Gasteiger partial charge in [-0.3, -0.25) is 14.3 Å². The molecule has 1 aliphatic carbocycles. The lowest BCUT2D eigenvalue weighted by atomic mass is 10.0. The van der Waals surface area contributed by atoms with Crippen molar-refractivity contribution in [1.29, 1.82) is 0 Å². The molecule has 1 aromatic heterocycles. The lowest BCUT2D eigenvalue weighted by Crippen LogP contribution is -2.48. The molecule has 2 aromatic rings. The smallest absolute Gasteiger partial charge is 0.272 e. The van der Waals surface area contributed by atoms with E-state index in [1.54, 1.807) is 16.9 Å². The van der Waals surface area contributed by atoms with E-state index in [2.05, 4.69) is 10.4 Å². The summed E-state index contributed by atoms with van der Waals surface area (Å²) in [5.74, 6) is 0.361. The first kappa shape index (κ1) is 15.9. The number of fused-ring (bicyclic) bond motifs is 2. The van der Waals surface area contributed by atoms with E-state index < -0.39 is 0 Å². The third kappa shape index (κ3) is 2.81. The Hall–Kier alpha value is -2.63. The number of hydrogen-bond donors (Lipinski definition) is 1. The molecule has 4 rings (SSSR count). The summed E-state index contributed by atoms with van der Waals surface area (Å²) in [7, 11) is 0. The number of amides is 2. The van der Waals surface area contributed by atoms with Crippen LogP contribution in [0.3, 0.4) is 0 Å². The number of piperidine rings is 1. The van der Waals surface area contributed by atoms with Gasteiger partial charge in [0.2, 0.25) is 0 Å². The molecule has 0 spiro atoms. The van der Waals surface area contributed by atoms with Crippen molar-refractivity contribution < 1.29 is 9.59 Å². The first-order valence-corrected chi connectivity index (χ1v) is 8.86. The van der Waals surface area contributed by atoms with Crippen LogP contribution in [0.2, 0.25) is 0 Å². The predicted octanol–water partition coefficient (Wildman–Crippen LogP) is 1.94. The largest absolute Gasteiger partial charge is 0.349 e. The summed E-state index contributed by atoms with van der Waals surface area (Å²) in [6.07, 6.45) is 3.47. The molecule has 130 valence electrons. The summed E-state index contributed by atoms with van der Waals surface area (Å²) >= 11 is 0. The Morgan fingerprint density at radius 1 is 1.20 bits per heavy atom. The minimum Gasteiger partial charge on any atom is -0.349 e. The second kappa shape index (κ2) is 6.35. The summed E-state index contributed by atoms with van der Waals surface area (Å²) in [4.78, 5) is 27.1. The van der Waals surface area contributed by atoms with Gasteiger partial charge in [-0.2, -0.15) is 5.10 Å². The molecular weight excluding hydrogens is 316 g/mol. The summed E-state index contributed by atoms with van der Waals surface area (Å²) in [6, 6.07) is 11.4. The zero-order valence-corrected chi connectivity index (χ0v) is 14.3. The topological polar surface area (TPSA) is 67.2 Å². The molecule has 1 N–H and O–H groups in total. The zero-order valence-electron chi connectivity index (χ0n) is 14.3. The van der Waals surface area contributed by atoms with Gasteiger partial charge < -0.3 is 10.2 Å². The van der Waals surface area contributed by atoms with Gasteiger partial charge in [0.25, 0.3) is 11.8 Å². The quantitative estimate of drug-likeness (QED) is 0.926. The fraction of sp³-hybridized carbons (Fsp3) is 0.421. The van der Waals surface area contributed by atoms with Crippen LogP contribution in [0.1, 0.15) is 40.6 Å². The van der Waals surface area contributed by atoms with Crippen LogP contribution >= 0.6 is 0 Å². The van der Waals surface area contributed by atoms with Crippen LogP contribution in [0.15, 0.2) is 42.6 Å². The number of carbonyl (C=O) groups excluding carboxylic acids is 2. The molecule has 1 aromatic carbocycles. The molecule has 2 fully saturated rings. The van der Waals surface area contributed by atoms with Gasteiger partial charge in [-0.1, -0.05) is 18.2 Å². The van der Waals surface area contributed by atoms with E-state index in [-0.39, 0.29) is 23.9 Å². The average Bonchev–Trinajstić information content (AvgIpc) is 3.36. The Kier molecular flexibility index (Phi) is 4.03. The summed E-state index contributed by atoms with van der Waals surface area (Å²) < 4.78 is 1.74. The molecule has 0 radical (unpaired) electrons. The first-order valence-electron chi connectivity index (χ1n) is 8.86. The Labute approximate surface area is 146 Å². The van der Waals surface area contributed by atoms with Crippen LogP contribution in [0.4, 0.5) is 0 Å². The zero-order chi connectivity index (χ0) is 17.4. The molecule has 2 amide bonds. The van der Waals surface area contributed by atoms with Gasteiger partial charge in [0.05, 0.1) is 0 Å². The van der Waals surface area contributed by atoms with Crippen LogP contribution < -0.4 is 5.32 Å². The number of aryl methyl sites for hydroxylation is 1. The van der Waals surface area contributed by atoms with Gasteiger partial charge >= 0.3 is 0 Å². The second-order valence-electron chi connectivity index (χ2n) is 6.82. The predicted molar refractivity (Wildman–Crippen MR) is 93.1 cm³/mol. The van der Waals surface area contributed by atoms with Crippen molar-refractivity contribution in [3.05, 3.63) is 53.9 Å². The number of hydrogen-bond acceptors (Lipinski definition) is 3. The highest BCUT2D eigenvalue weighted by Crippen LogP contribution is 2.38. The van der Waals surface area contributed by atoms with E-state index in [9.17, 15) is 9.59 Å². The van der Waals surface area contributed by atoms with Gasteiger partial charge in [0.1, 0.15) is 5.69 Å². The van der Waals surface area contributed by atoms with Crippen molar-refractivity contribution in [3.63, 3.8) is 0 Å². The van der Waals surface area contributed by atoms with Gasteiger partial charge in [-0.15, -0.1) is 0 Å². The van der Waals surface area contributed by atoms with Crippen LogP contribution in [0.25, 0.3) is 0 Å². The summed E-state index contributed by atoms with van der Waals surface area (Å²) in [5.41, 5.74) is 1.34. The molecule has 3 atom stereocenters. The maximum atomic E-state index is 12.8. The van der Waals surface area contributed by atoms with Gasteiger partial charge in [0, 0.05) is 36.9 Å². The van der Waals surface area contributed by atoms with Crippen molar-refractivity contribution in [1.82, 2.24) is 20.0 Å². The first-order chi connectivity index (χ1) is 12.2. The highest BCUT2D eigenvalue weighted by molar-refractivity contribution is 5.95. The minimum atomic E-state index is -0.0277. The van der Waals surface area contributed by atoms with E-state index in [1.807, 2.05) is 42.2 Å². The highest BCUT2D eigenvalue weighted by atomic mass is 16.2. The number of carbonyl (C=O) groups is 2. The van der Waals surface area contributed by atoms with E-state index >= 15 is 0 Å². The van der Waals surface area contributed by atoms with Crippen molar-refractivity contribution in [2.45, 2.75) is 38.4 Å². The number of rotatable bonds is 4. The minimum absolute atomic E-state index is 0.0277. The third-order valence-electron chi connectivity index (χ3n) is 5.39. The maximum Gasteiger partial charge on any atom is 0.272 e. The number of benzene rings is 1. The SMILES string of the molecule is CCn1nccc1C(=O)N1C[C@@H]2C[C@H]1C[C@@H]2NC(=O)c1ccccc1. The van der Waals surface area contributed by atoms with E-state index in [0.29, 0.717) is 30.3 Å². The monoisotopic (exact) mass is 338 g/mol. The van der Waals surface area contributed by atoms with E-state index in [0.717, 1.165) is 12.8 Å². The van der Waals surface area contributed by atoms with Crippen LogP contribution in [-0.2, 0) is 6.54 Å². The molecule has 1 aliphatic heterocycles. The van der Waals surface area contributed by atoms with Crippen LogP contribution in [0, 0.1) is 5.92 Å². The Bertz CT molecular complexity index is 786. The second-order valence-corrected chi connectivity index (χ2v) is 6.82. The summed E-state index contributed by atoms with van der Waals surface area (Å²) in [6.45, 7) is 3.37. The van der Waals surface area contributed by atoms with Gasteiger partial charge in [0.15, 0.2) is 0 Å². The fourth-order valence-corrected chi connectivity index (χ4v) is 4.13. The molecule has 2 heterocycles. The molecule has 0 unspecified atom stereocenters. The van der Waals surface area contributed by atoms with Gasteiger partial charge in [-0.05, 0) is 43.9 Å². The Morgan fingerprint density at radius 3 is 2.68 bits per heavy atom. The number of nitrogens with zero attached hydrogens (tertiary/aromatic N) is 3. The van der Waals surface area contributed by atoms with E-state index in [1.165, 1.54) is 0 Å². The van der Waals surface area contributed by atoms with Crippen molar-refractivity contribution in [2.75, 3.05) is 6.54 Å². The van der Waals surface area contributed by atoms with Crippen molar-refractivity contribution >= 4 is 11.8 Å². The molecular formula is C19H22N4O2. The fourth-order valence-electron chi connectivity index (χ4n) is 4.13. The molecule has 2 bridgehead atoms. The Morgan fingerprint density at radius 2 is 2.00 bits per heavy atom. The molecule has 1 saturated carbocycles. The summed E-state index contributed by atoms with van der Waals surface area (Å²) in [5, 5.41) is 7.34. The lowest BCUT2D eigenvalue weighted by molar-refractivity contribution is 0.0667.